The first-order valence-electron chi connectivity index (χ1n) is 11.4. The van der Waals surface area contributed by atoms with Crippen molar-refractivity contribution in [1.82, 2.24) is 4.90 Å². The van der Waals surface area contributed by atoms with Crippen LogP contribution in [0.2, 0.25) is 0 Å². The molecule has 2 spiro atoms. The molecule has 6 rings (SSSR count). The second kappa shape index (κ2) is 6.99. The van der Waals surface area contributed by atoms with Gasteiger partial charge in [-0.05, 0) is 42.5 Å². The number of quaternary nitrogens is 1. The number of nitrogens with zero attached hydrogens (tertiary/aromatic N) is 3. The third-order valence-corrected chi connectivity index (χ3v) is 8.97. The highest BCUT2D eigenvalue weighted by Gasteiger charge is 2.82. The molecule has 7 heteroatoms. The largest absolute Gasteiger partial charge is 0.382 e. The highest BCUT2D eigenvalue weighted by molar-refractivity contribution is 6.32. The Morgan fingerprint density at radius 2 is 2.09 bits per heavy atom. The van der Waals surface area contributed by atoms with E-state index in [4.69, 9.17) is 16.3 Å². The van der Waals surface area contributed by atoms with Crippen LogP contribution in [-0.4, -0.2) is 64.8 Å². The van der Waals surface area contributed by atoms with E-state index in [0.717, 1.165) is 31.5 Å². The maximum absolute atomic E-state index is 13.6. The summed E-state index contributed by atoms with van der Waals surface area (Å²) < 4.78 is 6.31. The van der Waals surface area contributed by atoms with E-state index in [1.54, 1.807) is 12.2 Å². The van der Waals surface area contributed by atoms with Crippen LogP contribution < -0.4 is 0 Å². The molecule has 1 aromatic rings. The molecule has 5 aliphatic rings. The lowest BCUT2D eigenvalue weighted by Gasteiger charge is -2.42. The molecule has 0 saturated carbocycles. The molecule has 1 aromatic carbocycles. The quantitative estimate of drug-likeness (QED) is 0.433. The van der Waals surface area contributed by atoms with Crippen LogP contribution in [0.15, 0.2) is 47.0 Å². The zero-order valence-corrected chi connectivity index (χ0v) is 18.7. The summed E-state index contributed by atoms with van der Waals surface area (Å²) in [5.41, 5.74) is 2.64. The fourth-order valence-corrected chi connectivity index (χ4v) is 7.19. The molecule has 4 heterocycles. The number of hydrogen-bond donors (Lipinski definition) is 1. The molecule has 4 atom stereocenters. The van der Waals surface area contributed by atoms with E-state index < -0.39 is 11.6 Å². The molecule has 0 radical (unpaired) electrons. The summed E-state index contributed by atoms with van der Waals surface area (Å²) in [5.74, 6) is -0.135. The van der Waals surface area contributed by atoms with Gasteiger partial charge in [0.05, 0.1) is 18.1 Å². The Kier molecular flexibility index (Phi) is 4.50. The number of nitriles is 1. The van der Waals surface area contributed by atoms with Gasteiger partial charge in [0, 0.05) is 30.2 Å². The van der Waals surface area contributed by atoms with E-state index in [2.05, 4.69) is 35.2 Å². The molecular weight excluding hydrogens is 426 g/mol. The third-order valence-electron chi connectivity index (χ3n) is 8.61. The molecule has 166 valence electrons. The molecule has 1 N–H and O–H groups in total. The number of ether oxygens (including phenoxy) is 1. The van der Waals surface area contributed by atoms with Crippen LogP contribution in [0.25, 0.3) is 0 Å². The van der Waals surface area contributed by atoms with Crippen molar-refractivity contribution in [1.29, 1.82) is 5.26 Å². The average Bonchev–Trinajstić information content (AvgIpc) is 3.37. The third kappa shape index (κ3) is 2.57. The van der Waals surface area contributed by atoms with Gasteiger partial charge >= 0.3 is 5.91 Å². The molecule has 0 aromatic heterocycles. The van der Waals surface area contributed by atoms with E-state index >= 15 is 0 Å². The monoisotopic (exact) mass is 452 g/mol. The maximum atomic E-state index is 13.6. The summed E-state index contributed by atoms with van der Waals surface area (Å²) in [5, 5.41) is 20.9. The first-order valence-corrected chi connectivity index (χ1v) is 11.8. The number of carbonyl (C=O) groups is 1. The van der Waals surface area contributed by atoms with Gasteiger partial charge in [-0.1, -0.05) is 35.9 Å². The molecule has 3 saturated heterocycles. The van der Waals surface area contributed by atoms with Crippen molar-refractivity contribution < 1.29 is 19.1 Å². The van der Waals surface area contributed by atoms with Gasteiger partial charge in [-0.3, -0.25) is 0 Å². The molecule has 32 heavy (non-hydrogen) atoms. The molecule has 1 amide bonds. The zero-order chi connectivity index (χ0) is 22.1. The van der Waals surface area contributed by atoms with Crippen LogP contribution in [0.3, 0.4) is 0 Å². The van der Waals surface area contributed by atoms with Crippen molar-refractivity contribution in [3.05, 3.63) is 58.1 Å². The molecule has 4 aliphatic heterocycles. The molecule has 6 nitrogen and oxygen atoms in total. The maximum Gasteiger partial charge on any atom is 0.320 e. The lowest BCUT2D eigenvalue weighted by atomic mass is 9.78. The average molecular weight is 453 g/mol. The summed E-state index contributed by atoms with van der Waals surface area (Å²) in [4.78, 5) is 16.0. The number of rotatable bonds is 3. The van der Waals surface area contributed by atoms with Crippen molar-refractivity contribution in [3.8, 4) is 6.07 Å². The topological polar surface area (TPSA) is 73.6 Å². The minimum Gasteiger partial charge on any atom is -0.382 e. The number of carbonyl (C=O) groups excluding carboxylic acids is 1. The number of halogens is 1. The van der Waals surface area contributed by atoms with Crippen molar-refractivity contribution in [2.75, 3.05) is 32.7 Å². The molecular formula is C25H27ClN3O3+. The van der Waals surface area contributed by atoms with Crippen molar-refractivity contribution in [2.24, 2.45) is 5.92 Å². The predicted molar refractivity (Wildman–Crippen MR) is 118 cm³/mol. The van der Waals surface area contributed by atoms with E-state index in [1.165, 1.54) is 11.1 Å². The highest BCUT2D eigenvalue weighted by atomic mass is 35.5. The van der Waals surface area contributed by atoms with Crippen LogP contribution >= 0.6 is 11.6 Å². The number of likely N-dealkylation sites (tertiary alicyclic amines) is 1. The summed E-state index contributed by atoms with van der Waals surface area (Å²) in [7, 11) is 0. The van der Waals surface area contributed by atoms with Crippen molar-refractivity contribution >= 4 is 17.5 Å². The van der Waals surface area contributed by atoms with Gasteiger partial charge in [0.15, 0.2) is 13.1 Å². The number of piperidine rings is 2. The minimum atomic E-state index is -0.771. The first-order chi connectivity index (χ1) is 15.5. The van der Waals surface area contributed by atoms with Crippen LogP contribution in [-0.2, 0) is 21.7 Å². The summed E-state index contributed by atoms with van der Waals surface area (Å²) in [6.45, 7) is 3.64. The molecule has 1 aliphatic carbocycles. The fraction of sp³-hybridized carbons (Fsp3) is 0.520. The Labute approximate surface area is 192 Å². The Morgan fingerprint density at radius 1 is 1.31 bits per heavy atom. The van der Waals surface area contributed by atoms with E-state index in [1.807, 2.05) is 0 Å². The lowest BCUT2D eigenvalue weighted by molar-refractivity contribution is -0.747. The minimum absolute atomic E-state index is 0.0273. The van der Waals surface area contributed by atoms with E-state index in [9.17, 15) is 15.2 Å². The van der Waals surface area contributed by atoms with Crippen molar-refractivity contribution in [3.63, 3.8) is 0 Å². The molecule has 3 fully saturated rings. The van der Waals surface area contributed by atoms with Crippen LogP contribution in [0.4, 0.5) is 0 Å². The van der Waals surface area contributed by atoms with Gasteiger partial charge in [0.2, 0.25) is 5.54 Å². The van der Waals surface area contributed by atoms with Crippen LogP contribution in [0.1, 0.15) is 30.4 Å². The Morgan fingerprint density at radius 3 is 2.88 bits per heavy atom. The van der Waals surface area contributed by atoms with E-state index in [-0.39, 0.29) is 28.5 Å². The fourth-order valence-electron chi connectivity index (χ4n) is 6.87. The molecule has 0 bridgehead atoms. The first kappa shape index (κ1) is 20.6. The number of fused-ring (bicyclic) bond motifs is 2. The van der Waals surface area contributed by atoms with Gasteiger partial charge in [0.25, 0.3) is 0 Å². The Hall–Kier alpha value is -2.01. The van der Waals surface area contributed by atoms with Gasteiger partial charge < -0.3 is 14.7 Å². The van der Waals surface area contributed by atoms with Crippen LogP contribution in [0.5, 0.6) is 0 Å². The van der Waals surface area contributed by atoms with Crippen molar-refractivity contribution in [2.45, 2.75) is 43.1 Å². The number of allylic oxidation sites excluding steroid dienone is 2. The number of amides is 1. The normalized spacial score (nSPS) is 37.1. The molecule has 4 unspecified atom stereocenters. The summed E-state index contributed by atoms with van der Waals surface area (Å²) in [6, 6.07) is 10.7. The van der Waals surface area contributed by atoms with E-state index in [0.29, 0.717) is 31.1 Å². The second-order valence-corrected chi connectivity index (χ2v) is 10.4. The number of aliphatic hydroxyl groups excluding tert-OH is 1. The van der Waals surface area contributed by atoms with Crippen LogP contribution in [0, 0.1) is 17.2 Å². The zero-order valence-electron chi connectivity index (χ0n) is 18.0. The van der Waals surface area contributed by atoms with Gasteiger partial charge in [-0.25, -0.2) is 9.28 Å². The van der Waals surface area contributed by atoms with Gasteiger partial charge in [-0.15, -0.1) is 0 Å². The lowest BCUT2D eigenvalue weighted by Crippen LogP contribution is -2.57. The summed E-state index contributed by atoms with van der Waals surface area (Å²) in [6.07, 6.45) is 5.04. The number of aliphatic hydroxyl groups is 1. The standard InChI is InChI=1S/C25H27ClN3O3/c26-21-5-6-22(30)25-16-29(25,12-9-27)23(31)18(13-20(21)25)14-28-10-7-24(8-11-28)19-4-2-1-3-17(19)15-32-24/h1-6,18,22,30H,7-8,10-16H2/q+1. The number of benzene rings is 1. The highest BCUT2D eigenvalue weighted by Crippen LogP contribution is 2.60. The van der Waals surface area contributed by atoms with Gasteiger partial charge in [-0.2, -0.15) is 5.26 Å². The van der Waals surface area contributed by atoms with Gasteiger partial charge in [0.1, 0.15) is 12.2 Å². The smallest absolute Gasteiger partial charge is 0.320 e. The summed E-state index contributed by atoms with van der Waals surface area (Å²) >= 11 is 6.57. The SMILES string of the molecule is N#CC[N+]12CC13C(=C(Cl)C=CC3O)CC(CN1CCC3(CC1)OCc1ccccc13)C2=O. The number of hydrogen-bond acceptors (Lipinski definition) is 5. The predicted octanol–water partition coefficient (Wildman–Crippen LogP) is 2.57. The second-order valence-electron chi connectivity index (χ2n) is 9.98. The Balaban J connectivity index is 1.21. The Bertz CT molecular complexity index is 1100.